The highest BCUT2D eigenvalue weighted by atomic mass is 16.2. The van der Waals surface area contributed by atoms with Crippen LogP contribution in [-0.2, 0) is 16.1 Å². The van der Waals surface area contributed by atoms with E-state index in [2.05, 4.69) is 20.6 Å². The van der Waals surface area contributed by atoms with E-state index in [0.29, 0.717) is 19.5 Å². The summed E-state index contributed by atoms with van der Waals surface area (Å²) in [6.07, 6.45) is 4.00. The van der Waals surface area contributed by atoms with Gasteiger partial charge in [0.1, 0.15) is 5.82 Å². The highest BCUT2D eigenvalue weighted by molar-refractivity contribution is 5.83. The average Bonchev–Trinajstić information content (AvgIpc) is 3.04. The Kier molecular flexibility index (Phi) is 4.85. The van der Waals surface area contributed by atoms with E-state index in [0.717, 1.165) is 5.82 Å². The fourth-order valence-electron chi connectivity index (χ4n) is 2.50. The number of hydrogen-bond acceptors (Lipinski definition) is 4. The molecule has 2 heterocycles. The van der Waals surface area contributed by atoms with Gasteiger partial charge < -0.3 is 15.6 Å². The molecule has 1 aliphatic rings. The Morgan fingerprint density at radius 3 is 2.77 bits per heavy atom. The van der Waals surface area contributed by atoms with Crippen LogP contribution in [0.4, 0.5) is 0 Å². The Morgan fingerprint density at radius 2 is 2.18 bits per heavy atom. The van der Waals surface area contributed by atoms with Crippen molar-refractivity contribution in [1.82, 2.24) is 25.5 Å². The first kappa shape index (κ1) is 16.5. The summed E-state index contributed by atoms with van der Waals surface area (Å²) in [6, 6.07) is -0.212. The van der Waals surface area contributed by atoms with Gasteiger partial charge in [0.15, 0.2) is 0 Å². The summed E-state index contributed by atoms with van der Waals surface area (Å²) in [6.45, 7) is 6.72. The van der Waals surface area contributed by atoms with Gasteiger partial charge in [-0.05, 0) is 13.5 Å². The average molecular weight is 307 g/mol. The number of nitrogens with one attached hydrogen (secondary N) is 3. The van der Waals surface area contributed by atoms with Crippen molar-refractivity contribution in [2.75, 3.05) is 13.6 Å². The normalized spacial score (nSPS) is 22.5. The number of hydrogen-bond donors (Lipinski definition) is 3. The van der Waals surface area contributed by atoms with Crippen molar-refractivity contribution >= 4 is 11.8 Å². The molecule has 2 amide bonds. The van der Waals surface area contributed by atoms with Crippen LogP contribution in [0.1, 0.15) is 33.0 Å². The number of imidazole rings is 1. The first-order chi connectivity index (χ1) is 10.3. The first-order valence-electron chi connectivity index (χ1n) is 7.54. The molecule has 3 N–H and O–H groups in total. The molecular weight excluding hydrogens is 282 g/mol. The molecule has 0 aliphatic carbocycles. The van der Waals surface area contributed by atoms with Crippen LogP contribution in [-0.4, -0.2) is 52.4 Å². The molecule has 1 aromatic heterocycles. The summed E-state index contributed by atoms with van der Waals surface area (Å²) in [5, 5.41) is 5.90. The Labute approximate surface area is 130 Å². The smallest absolute Gasteiger partial charge is 0.237 e. The summed E-state index contributed by atoms with van der Waals surface area (Å²) in [5.41, 5.74) is -0.418. The van der Waals surface area contributed by atoms with Crippen LogP contribution in [0.2, 0.25) is 0 Å². The molecule has 0 saturated carbocycles. The second kappa shape index (κ2) is 6.48. The monoisotopic (exact) mass is 307 g/mol. The lowest BCUT2D eigenvalue weighted by Gasteiger charge is -2.21. The fraction of sp³-hybridized carbons (Fsp3) is 0.667. The minimum absolute atomic E-state index is 0.0103. The molecule has 7 heteroatoms. The molecule has 0 radical (unpaired) electrons. The number of rotatable bonds is 4. The van der Waals surface area contributed by atoms with E-state index in [1.807, 2.05) is 32.7 Å². The second-order valence-corrected chi connectivity index (χ2v) is 6.87. The number of carbonyl (C=O) groups excluding carboxylic acids is 2. The van der Waals surface area contributed by atoms with Gasteiger partial charge in [-0.25, -0.2) is 4.98 Å². The molecule has 2 atom stereocenters. The van der Waals surface area contributed by atoms with E-state index in [-0.39, 0.29) is 23.9 Å². The van der Waals surface area contributed by atoms with E-state index in [1.54, 1.807) is 12.4 Å². The number of likely N-dealkylation sites (N-methyl/N-ethyl adjacent to an activating group) is 1. The quantitative estimate of drug-likeness (QED) is 0.744. The number of aromatic nitrogens is 2. The Morgan fingerprint density at radius 1 is 1.45 bits per heavy atom. The standard InChI is InChI=1S/C15H25N5O2/c1-15(2,3)14(22)19-10-7-11(20(4)9-10)13(21)18-8-12-16-5-6-17-12/h5-6,10-11H,7-9H2,1-4H3,(H,16,17)(H,18,21)(H,19,22)/t10-,11-/m0/s1. The van der Waals surface area contributed by atoms with Gasteiger partial charge >= 0.3 is 0 Å². The molecule has 0 bridgehead atoms. The van der Waals surface area contributed by atoms with Crippen LogP contribution in [0.3, 0.4) is 0 Å². The maximum Gasteiger partial charge on any atom is 0.237 e. The van der Waals surface area contributed by atoms with Crippen LogP contribution < -0.4 is 10.6 Å². The molecule has 1 saturated heterocycles. The third kappa shape index (κ3) is 4.07. The molecule has 22 heavy (non-hydrogen) atoms. The van der Waals surface area contributed by atoms with Gasteiger partial charge in [-0.2, -0.15) is 0 Å². The van der Waals surface area contributed by atoms with Gasteiger partial charge in [0.2, 0.25) is 11.8 Å². The van der Waals surface area contributed by atoms with E-state index in [1.165, 1.54) is 0 Å². The molecular formula is C15H25N5O2. The minimum Gasteiger partial charge on any atom is -0.352 e. The summed E-state index contributed by atoms with van der Waals surface area (Å²) in [4.78, 5) is 33.3. The lowest BCUT2D eigenvalue weighted by molar-refractivity contribution is -0.129. The number of H-pyrrole nitrogens is 1. The van der Waals surface area contributed by atoms with Crippen molar-refractivity contribution in [3.63, 3.8) is 0 Å². The Balaban J connectivity index is 1.85. The van der Waals surface area contributed by atoms with Crippen molar-refractivity contribution in [2.45, 2.75) is 45.8 Å². The molecule has 1 fully saturated rings. The van der Waals surface area contributed by atoms with E-state index < -0.39 is 5.41 Å². The lowest BCUT2D eigenvalue weighted by Crippen LogP contribution is -2.42. The van der Waals surface area contributed by atoms with Crippen LogP contribution in [0, 0.1) is 5.41 Å². The number of carbonyl (C=O) groups is 2. The summed E-state index contributed by atoms with van der Waals surface area (Å²) >= 11 is 0. The lowest BCUT2D eigenvalue weighted by atomic mass is 9.95. The predicted molar refractivity (Wildman–Crippen MR) is 82.9 cm³/mol. The first-order valence-corrected chi connectivity index (χ1v) is 7.54. The maximum absolute atomic E-state index is 12.3. The molecule has 122 valence electrons. The van der Waals surface area contributed by atoms with Gasteiger partial charge in [-0.1, -0.05) is 20.8 Å². The van der Waals surface area contributed by atoms with Gasteiger partial charge in [0.05, 0.1) is 12.6 Å². The van der Waals surface area contributed by atoms with E-state index in [9.17, 15) is 9.59 Å². The van der Waals surface area contributed by atoms with Crippen molar-refractivity contribution in [1.29, 1.82) is 0 Å². The van der Waals surface area contributed by atoms with Crippen molar-refractivity contribution in [3.05, 3.63) is 18.2 Å². The van der Waals surface area contributed by atoms with Crippen LogP contribution in [0.25, 0.3) is 0 Å². The number of likely N-dealkylation sites (tertiary alicyclic amines) is 1. The third-order valence-electron chi connectivity index (χ3n) is 3.85. The zero-order chi connectivity index (χ0) is 16.3. The molecule has 0 unspecified atom stereocenters. The van der Waals surface area contributed by atoms with Gasteiger partial charge in [0, 0.05) is 30.4 Å². The summed E-state index contributed by atoms with van der Waals surface area (Å²) in [5.74, 6) is 0.709. The molecule has 1 aliphatic heterocycles. The van der Waals surface area contributed by atoms with E-state index >= 15 is 0 Å². The number of nitrogens with zero attached hydrogens (tertiary/aromatic N) is 2. The molecule has 1 aromatic rings. The summed E-state index contributed by atoms with van der Waals surface area (Å²) in [7, 11) is 1.90. The predicted octanol–water partition coefficient (Wildman–Crippen LogP) is 0.261. The Bertz CT molecular complexity index is 521. The van der Waals surface area contributed by atoms with Crippen LogP contribution in [0.5, 0.6) is 0 Å². The van der Waals surface area contributed by atoms with Crippen molar-refractivity contribution < 1.29 is 9.59 Å². The van der Waals surface area contributed by atoms with Gasteiger partial charge in [-0.3, -0.25) is 14.5 Å². The molecule has 0 aromatic carbocycles. The molecule has 7 nitrogen and oxygen atoms in total. The number of aromatic amines is 1. The summed E-state index contributed by atoms with van der Waals surface area (Å²) < 4.78 is 0. The molecule has 2 rings (SSSR count). The number of amides is 2. The van der Waals surface area contributed by atoms with Gasteiger partial charge in [-0.15, -0.1) is 0 Å². The molecule has 0 spiro atoms. The van der Waals surface area contributed by atoms with E-state index in [4.69, 9.17) is 0 Å². The minimum atomic E-state index is -0.418. The zero-order valence-corrected chi connectivity index (χ0v) is 13.6. The SMILES string of the molecule is CN1C[C@@H](NC(=O)C(C)(C)C)C[C@H]1C(=O)NCc1ncc[nH]1. The maximum atomic E-state index is 12.3. The zero-order valence-electron chi connectivity index (χ0n) is 13.6. The Hall–Kier alpha value is -1.89. The van der Waals surface area contributed by atoms with Crippen LogP contribution >= 0.6 is 0 Å². The highest BCUT2D eigenvalue weighted by Crippen LogP contribution is 2.19. The van der Waals surface area contributed by atoms with Gasteiger partial charge in [0.25, 0.3) is 0 Å². The van der Waals surface area contributed by atoms with Crippen LogP contribution in [0.15, 0.2) is 12.4 Å². The van der Waals surface area contributed by atoms with Crippen molar-refractivity contribution in [3.8, 4) is 0 Å². The second-order valence-electron chi connectivity index (χ2n) is 6.87. The topological polar surface area (TPSA) is 90.1 Å². The third-order valence-corrected chi connectivity index (χ3v) is 3.85. The fourth-order valence-corrected chi connectivity index (χ4v) is 2.50. The van der Waals surface area contributed by atoms with Crippen molar-refractivity contribution in [2.24, 2.45) is 5.41 Å². The highest BCUT2D eigenvalue weighted by Gasteiger charge is 2.36. The largest absolute Gasteiger partial charge is 0.352 e.